The molecule has 5 nitrogen and oxygen atoms in total. The van der Waals surface area contributed by atoms with Crippen molar-refractivity contribution in [3.8, 4) is 11.5 Å². The van der Waals surface area contributed by atoms with Gasteiger partial charge in [-0.25, -0.2) is 4.68 Å². The van der Waals surface area contributed by atoms with Crippen molar-refractivity contribution in [3.05, 3.63) is 66.1 Å². The average molecular weight is 348 g/mol. The summed E-state index contributed by atoms with van der Waals surface area (Å²) in [4.78, 5) is 15.3. The summed E-state index contributed by atoms with van der Waals surface area (Å²) in [6.45, 7) is 5.02. The maximum Gasteiger partial charge on any atom is 0.259 e. The number of hydrogen-bond acceptors (Lipinski definition) is 2. The van der Waals surface area contributed by atoms with Gasteiger partial charge in [-0.15, -0.1) is 0 Å². The lowest BCUT2D eigenvalue weighted by atomic mass is 10.0. The second-order valence-electron chi connectivity index (χ2n) is 7.06. The van der Waals surface area contributed by atoms with Crippen LogP contribution in [-0.4, -0.2) is 37.7 Å². The van der Waals surface area contributed by atoms with Crippen LogP contribution in [0, 0.1) is 6.92 Å². The lowest BCUT2D eigenvalue weighted by molar-refractivity contribution is 0.0635. The fraction of sp³-hybridized carbons (Fsp3) is 0.333. The predicted molar refractivity (Wildman–Crippen MR) is 102 cm³/mol. The van der Waals surface area contributed by atoms with E-state index in [0.29, 0.717) is 5.56 Å². The highest BCUT2D eigenvalue weighted by Gasteiger charge is 2.28. The van der Waals surface area contributed by atoms with Crippen LogP contribution in [0.4, 0.5) is 0 Å². The van der Waals surface area contributed by atoms with Crippen LogP contribution in [0.3, 0.4) is 0 Å². The van der Waals surface area contributed by atoms with Gasteiger partial charge in [0.05, 0.1) is 11.9 Å². The molecule has 1 fully saturated rings. The van der Waals surface area contributed by atoms with Crippen LogP contribution in [0.5, 0.6) is 0 Å². The molecule has 134 valence electrons. The molecular weight excluding hydrogens is 324 g/mol. The summed E-state index contributed by atoms with van der Waals surface area (Å²) in [6.07, 6.45) is 8.95. The van der Waals surface area contributed by atoms with Crippen molar-refractivity contribution in [1.29, 1.82) is 0 Å². The smallest absolute Gasteiger partial charge is 0.259 e. The third-order valence-electron chi connectivity index (χ3n) is 5.17. The van der Waals surface area contributed by atoms with Gasteiger partial charge in [0.25, 0.3) is 5.91 Å². The summed E-state index contributed by atoms with van der Waals surface area (Å²) in [5.41, 5.74) is 2.79. The van der Waals surface area contributed by atoms with Crippen molar-refractivity contribution in [2.24, 2.45) is 0 Å². The summed E-state index contributed by atoms with van der Waals surface area (Å²) in [5, 5.41) is 4.56. The normalized spacial score (nSPS) is 17.5. The maximum atomic E-state index is 13.3. The van der Waals surface area contributed by atoms with E-state index in [-0.39, 0.29) is 11.9 Å². The Bertz CT molecular complexity index is 893. The summed E-state index contributed by atoms with van der Waals surface area (Å²) < 4.78 is 3.82. The van der Waals surface area contributed by atoms with Crippen LogP contribution in [0.1, 0.15) is 42.1 Å². The number of hydrogen-bond donors (Lipinski definition) is 0. The highest BCUT2D eigenvalue weighted by Crippen LogP contribution is 2.25. The Morgan fingerprint density at radius 1 is 1.12 bits per heavy atom. The van der Waals surface area contributed by atoms with Crippen molar-refractivity contribution in [2.75, 3.05) is 6.54 Å². The summed E-state index contributed by atoms with van der Waals surface area (Å²) in [7, 11) is 0. The zero-order valence-electron chi connectivity index (χ0n) is 15.3. The summed E-state index contributed by atoms with van der Waals surface area (Å²) >= 11 is 0. The Balaban J connectivity index is 1.80. The molecule has 1 aromatic carbocycles. The number of carbonyl (C=O) groups excluding carboxylic acids is 1. The third-order valence-corrected chi connectivity index (χ3v) is 5.17. The van der Waals surface area contributed by atoms with Crippen LogP contribution in [0.25, 0.3) is 11.5 Å². The molecule has 0 N–H and O–H groups in total. The lowest BCUT2D eigenvalue weighted by Gasteiger charge is -2.33. The number of aromatic nitrogens is 3. The summed E-state index contributed by atoms with van der Waals surface area (Å²) in [5.74, 6) is 0.862. The fourth-order valence-electron chi connectivity index (χ4n) is 3.65. The molecule has 0 aliphatic carbocycles. The molecule has 3 heterocycles. The largest absolute Gasteiger partial charge is 0.336 e. The number of rotatable bonds is 3. The van der Waals surface area contributed by atoms with E-state index in [4.69, 9.17) is 0 Å². The van der Waals surface area contributed by atoms with E-state index < -0.39 is 0 Å². The number of piperidine rings is 1. The van der Waals surface area contributed by atoms with E-state index in [2.05, 4.69) is 31.1 Å². The molecule has 1 aliphatic rings. The van der Waals surface area contributed by atoms with Gasteiger partial charge >= 0.3 is 0 Å². The number of nitrogens with zero attached hydrogens (tertiary/aromatic N) is 4. The Morgan fingerprint density at radius 3 is 2.54 bits per heavy atom. The van der Waals surface area contributed by atoms with Gasteiger partial charge in [-0.1, -0.05) is 17.7 Å². The lowest BCUT2D eigenvalue weighted by Crippen LogP contribution is -2.42. The molecule has 3 aromatic rings. The molecule has 2 aromatic heterocycles. The number of amides is 1. The number of aryl methyl sites for hydroxylation is 1. The van der Waals surface area contributed by atoms with Crippen molar-refractivity contribution < 1.29 is 4.79 Å². The molecule has 1 amide bonds. The quantitative estimate of drug-likeness (QED) is 0.718. The molecule has 0 bridgehead atoms. The number of benzene rings is 1. The topological polar surface area (TPSA) is 43.1 Å². The van der Waals surface area contributed by atoms with Crippen LogP contribution >= 0.6 is 0 Å². The van der Waals surface area contributed by atoms with Crippen LogP contribution in [-0.2, 0) is 0 Å². The molecule has 0 saturated carbocycles. The predicted octanol–water partition coefficient (Wildman–Crippen LogP) is 3.99. The van der Waals surface area contributed by atoms with Gasteiger partial charge in [-0.05, 0) is 57.4 Å². The average Bonchev–Trinajstić information content (AvgIpc) is 3.31. The van der Waals surface area contributed by atoms with Crippen molar-refractivity contribution in [3.63, 3.8) is 0 Å². The standard InChI is InChI=1S/C21H24N4O/c1-16-8-10-18(11-9-16)25-20(23-12-5-6-13-23)19(15-22-25)21(26)24-14-4-3-7-17(24)2/h5-6,8-13,15,17H,3-4,7,14H2,1-2H3/t17-/m0/s1. The van der Waals surface area contributed by atoms with E-state index >= 15 is 0 Å². The van der Waals surface area contributed by atoms with Gasteiger partial charge in [0, 0.05) is 25.0 Å². The first-order chi connectivity index (χ1) is 12.6. The van der Waals surface area contributed by atoms with E-state index in [1.54, 1.807) is 6.20 Å². The SMILES string of the molecule is Cc1ccc(-n2ncc(C(=O)N3CCCC[C@@H]3C)c2-n2cccc2)cc1. The first-order valence-corrected chi connectivity index (χ1v) is 9.24. The summed E-state index contributed by atoms with van der Waals surface area (Å²) in [6, 6.07) is 12.4. The molecule has 4 rings (SSSR count). The Labute approximate surface area is 153 Å². The first kappa shape index (κ1) is 16.6. The molecule has 0 spiro atoms. The van der Waals surface area contributed by atoms with Gasteiger partial charge in [0.1, 0.15) is 5.56 Å². The van der Waals surface area contributed by atoms with Gasteiger partial charge in [0.15, 0.2) is 5.82 Å². The van der Waals surface area contributed by atoms with Crippen LogP contribution in [0.2, 0.25) is 0 Å². The minimum Gasteiger partial charge on any atom is -0.336 e. The van der Waals surface area contributed by atoms with E-state index in [1.165, 1.54) is 12.0 Å². The Kier molecular flexibility index (Phi) is 4.37. The molecule has 1 saturated heterocycles. The fourth-order valence-corrected chi connectivity index (χ4v) is 3.65. The van der Waals surface area contributed by atoms with E-state index in [9.17, 15) is 4.79 Å². The third kappa shape index (κ3) is 2.94. The van der Waals surface area contributed by atoms with Crippen molar-refractivity contribution >= 4 is 5.91 Å². The molecular formula is C21H24N4O. The molecule has 0 unspecified atom stereocenters. The highest BCUT2D eigenvalue weighted by molar-refractivity contribution is 5.97. The van der Waals surface area contributed by atoms with E-state index in [1.807, 2.05) is 50.8 Å². The van der Waals surface area contributed by atoms with Crippen molar-refractivity contribution in [2.45, 2.75) is 39.2 Å². The minimum atomic E-state index is 0.0688. The zero-order valence-corrected chi connectivity index (χ0v) is 15.3. The number of likely N-dealkylation sites (tertiary alicyclic amines) is 1. The second kappa shape index (κ2) is 6.83. The molecule has 26 heavy (non-hydrogen) atoms. The van der Waals surface area contributed by atoms with Gasteiger partial charge in [-0.2, -0.15) is 5.10 Å². The van der Waals surface area contributed by atoms with Crippen LogP contribution < -0.4 is 0 Å². The molecule has 1 atom stereocenters. The van der Waals surface area contributed by atoms with E-state index in [0.717, 1.165) is 30.9 Å². The maximum absolute atomic E-state index is 13.3. The molecule has 0 radical (unpaired) electrons. The van der Waals surface area contributed by atoms with Crippen molar-refractivity contribution in [1.82, 2.24) is 19.2 Å². The second-order valence-corrected chi connectivity index (χ2v) is 7.06. The Morgan fingerprint density at radius 2 is 1.85 bits per heavy atom. The minimum absolute atomic E-state index is 0.0688. The Hall–Kier alpha value is -2.82. The molecule has 5 heteroatoms. The highest BCUT2D eigenvalue weighted by atomic mass is 16.2. The first-order valence-electron chi connectivity index (χ1n) is 9.24. The van der Waals surface area contributed by atoms with Gasteiger partial charge in [-0.3, -0.25) is 4.79 Å². The zero-order chi connectivity index (χ0) is 18.1. The van der Waals surface area contributed by atoms with Crippen LogP contribution in [0.15, 0.2) is 55.0 Å². The molecule has 1 aliphatic heterocycles. The monoisotopic (exact) mass is 348 g/mol. The van der Waals surface area contributed by atoms with Gasteiger partial charge in [0.2, 0.25) is 0 Å². The number of carbonyl (C=O) groups is 1. The van der Waals surface area contributed by atoms with Gasteiger partial charge < -0.3 is 9.47 Å².